The van der Waals surface area contributed by atoms with Gasteiger partial charge in [0, 0.05) is 43.6 Å². The van der Waals surface area contributed by atoms with Crippen LogP contribution in [0.5, 0.6) is 0 Å². The summed E-state index contributed by atoms with van der Waals surface area (Å²) >= 11 is 1.37. The van der Waals surface area contributed by atoms with Crippen LogP contribution < -0.4 is 21.3 Å². The number of aryl methyl sites for hydroxylation is 1. The largest absolute Gasteiger partial charge is 0.353 e. The van der Waals surface area contributed by atoms with E-state index < -0.39 is 0 Å². The normalized spacial score (nSPS) is 16.3. The first kappa shape index (κ1) is 20.2. The van der Waals surface area contributed by atoms with Crippen molar-refractivity contribution < 1.29 is 4.79 Å². The third-order valence-corrected chi connectivity index (χ3v) is 5.72. The monoisotopic (exact) mass is 424 g/mol. The van der Waals surface area contributed by atoms with Gasteiger partial charge >= 0.3 is 0 Å². The fourth-order valence-corrected chi connectivity index (χ4v) is 4.08. The number of carbonyl (C=O) groups is 1. The van der Waals surface area contributed by atoms with Gasteiger partial charge in [0.25, 0.3) is 5.91 Å². The summed E-state index contributed by atoms with van der Waals surface area (Å²) < 4.78 is 4.29. The second-order valence-electron chi connectivity index (χ2n) is 7.18. The summed E-state index contributed by atoms with van der Waals surface area (Å²) in [6.07, 6.45) is 6.87. The van der Waals surface area contributed by atoms with Crippen LogP contribution in [0, 0.1) is 6.92 Å². The van der Waals surface area contributed by atoms with Gasteiger partial charge in [-0.2, -0.15) is 4.37 Å². The lowest BCUT2D eigenvalue weighted by atomic mass is 10.1. The summed E-state index contributed by atoms with van der Waals surface area (Å²) in [5.74, 6) is 1.32. The van der Waals surface area contributed by atoms with Gasteiger partial charge in [-0.15, -0.1) is 0 Å². The molecule has 1 aliphatic rings. The molecule has 30 heavy (non-hydrogen) atoms. The van der Waals surface area contributed by atoms with Crippen LogP contribution in [0.4, 0.5) is 16.6 Å². The molecule has 0 saturated carbocycles. The molecular weight excluding hydrogens is 400 g/mol. The fraction of sp³-hybridized carbons (Fsp3) is 0.350. The van der Waals surface area contributed by atoms with Crippen LogP contribution in [0.3, 0.4) is 0 Å². The number of aromatic nitrogens is 4. The molecule has 4 N–H and O–H groups in total. The second kappa shape index (κ2) is 9.14. The maximum atomic E-state index is 12.5. The minimum atomic E-state index is -0.0864. The van der Waals surface area contributed by atoms with Gasteiger partial charge in [0.2, 0.25) is 0 Å². The Hall–Kier alpha value is -3.11. The lowest BCUT2D eigenvalue weighted by molar-refractivity contribution is 0.0933. The quantitative estimate of drug-likeness (QED) is 0.551. The number of rotatable bonds is 6. The van der Waals surface area contributed by atoms with E-state index in [0.717, 1.165) is 35.9 Å². The molecule has 1 fully saturated rings. The third-order valence-electron chi connectivity index (χ3n) is 4.92. The van der Waals surface area contributed by atoms with Crippen molar-refractivity contribution in [3.05, 3.63) is 53.7 Å². The van der Waals surface area contributed by atoms with E-state index in [1.54, 1.807) is 30.7 Å². The summed E-state index contributed by atoms with van der Waals surface area (Å²) in [5.41, 5.74) is 8.11. The standard InChI is InChI=1S/C20H24N8OS/c1-13-9-18(30-27-13)26-19-16(10-21)23-11-17(25-19)28-8-2-3-15(12-28)24-20(29)14-4-6-22-7-5-14/h4-7,9,11,15H,2-3,8,10,12,21H2,1H3,(H,24,29)(H,25,26)/t15-/m1/s1. The van der Waals surface area contributed by atoms with E-state index in [4.69, 9.17) is 10.7 Å². The number of carbonyl (C=O) groups excluding carboxylic acids is 1. The van der Waals surface area contributed by atoms with Crippen LogP contribution in [-0.2, 0) is 6.54 Å². The predicted octanol–water partition coefficient (Wildman–Crippen LogP) is 2.24. The number of piperidine rings is 1. The molecule has 0 aliphatic carbocycles. The molecule has 4 heterocycles. The molecule has 0 bridgehead atoms. The first-order valence-electron chi connectivity index (χ1n) is 9.84. The Balaban J connectivity index is 1.47. The zero-order valence-corrected chi connectivity index (χ0v) is 17.5. The SMILES string of the molecule is Cc1cc(Nc2nc(N3CCC[C@@H](NC(=O)c4ccncc4)C3)cnc2CN)sn1. The van der Waals surface area contributed by atoms with Crippen LogP contribution in [0.1, 0.15) is 34.6 Å². The number of hydrogen-bond acceptors (Lipinski definition) is 9. The van der Waals surface area contributed by atoms with Gasteiger partial charge in [-0.1, -0.05) is 0 Å². The van der Waals surface area contributed by atoms with E-state index in [9.17, 15) is 4.79 Å². The molecule has 1 amide bonds. The Labute approximate surface area is 178 Å². The van der Waals surface area contributed by atoms with Gasteiger partial charge in [-0.05, 0) is 49.5 Å². The van der Waals surface area contributed by atoms with Crippen LogP contribution in [0.15, 0.2) is 36.8 Å². The highest BCUT2D eigenvalue weighted by Crippen LogP contribution is 2.25. The van der Waals surface area contributed by atoms with Crippen molar-refractivity contribution in [1.82, 2.24) is 24.6 Å². The van der Waals surface area contributed by atoms with Crippen molar-refractivity contribution in [2.24, 2.45) is 5.73 Å². The molecule has 4 rings (SSSR count). The van der Waals surface area contributed by atoms with Crippen LogP contribution in [-0.4, -0.2) is 44.4 Å². The van der Waals surface area contributed by atoms with Gasteiger partial charge in [-0.25, -0.2) is 4.98 Å². The minimum Gasteiger partial charge on any atom is -0.353 e. The summed E-state index contributed by atoms with van der Waals surface area (Å²) in [7, 11) is 0. The van der Waals surface area contributed by atoms with Gasteiger partial charge in [0.15, 0.2) is 5.82 Å². The molecule has 10 heteroatoms. The van der Waals surface area contributed by atoms with Crippen molar-refractivity contribution in [1.29, 1.82) is 0 Å². The van der Waals surface area contributed by atoms with E-state index in [-0.39, 0.29) is 18.5 Å². The Morgan fingerprint density at radius 3 is 2.93 bits per heavy atom. The Morgan fingerprint density at radius 1 is 1.37 bits per heavy atom. The van der Waals surface area contributed by atoms with Crippen molar-refractivity contribution in [2.45, 2.75) is 32.4 Å². The number of nitrogens with two attached hydrogens (primary N) is 1. The van der Waals surface area contributed by atoms with Gasteiger partial charge < -0.3 is 21.3 Å². The van der Waals surface area contributed by atoms with Crippen molar-refractivity contribution in [3.63, 3.8) is 0 Å². The average molecular weight is 425 g/mol. The summed E-state index contributed by atoms with van der Waals surface area (Å²) in [5, 5.41) is 7.30. The van der Waals surface area contributed by atoms with Gasteiger partial charge in [-0.3, -0.25) is 14.8 Å². The number of anilines is 3. The first-order chi connectivity index (χ1) is 14.6. The maximum absolute atomic E-state index is 12.5. The molecule has 0 spiro atoms. The molecule has 156 valence electrons. The molecule has 3 aromatic heterocycles. The molecule has 9 nitrogen and oxygen atoms in total. The number of nitrogens with one attached hydrogen (secondary N) is 2. The maximum Gasteiger partial charge on any atom is 0.251 e. The van der Waals surface area contributed by atoms with E-state index in [1.165, 1.54) is 11.5 Å². The number of amides is 1. The molecule has 1 atom stereocenters. The van der Waals surface area contributed by atoms with Gasteiger partial charge in [0.05, 0.1) is 17.6 Å². The smallest absolute Gasteiger partial charge is 0.251 e. The van der Waals surface area contributed by atoms with Crippen molar-refractivity contribution in [3.8, 4) is 0 Å². The van der Waals surface area contributed by atoms with Crippen LogP contribution in [0.2, 0.25) is 0 Å². The molecule has 1 aliphatic heterocycles. The van der Waals surface area contributed by atoms with Crippen molar-refractivity contribution in [2.75, 3.05) is 23.3 Å². The highest BCUT2D eigenvalue weighted by atomic mass is 32.1. The molecule has 0 unspecified atom stereocenters. The van der Waals surface area contributed by atoms with E-state index in [2.05, 4.69) is 29.9 Å². The predicted molar refractivity (Wildman–Crippen MR) is 117 cm³/mol. The molecule has 0 aromatic carbocycles. The average Bonchev–Trinajstić information content (AvgIpc) is 3.19. The highest BCUT2D eigenvalue weighted by molar-refractivity contribution is 7.10. The third kappa shape index (κ3) is 4.71. The lowest BCUT2D eigenvalue weighted by Gasteiger charge is -2.34. The van der Waals surface area contributed by atoms with Crippen molar-refractivity contribution >= 4 is 34.1 Å². The zero-order valence-electron chi connectivity index (χ0n) is 16.7. The van der Waals surface area contributed by atoms with E-state index in [0.29, 0.717) is 23.6 Å². The fourth-order valence-electron chi connectivity index (χ4n) is 3.42. The summed E-state index contributed by atoms with van der Waals surface area (Å²) in [6.45, 7) is 3.77. The Bertz CT molecular complexity index is 1010. The highest BCUT2D eigenvalue weighted by Gasteiger charge is 2.24. The summed E-state index contributed by atoms with van der Waals surface area (Å²) in [4.78, 5) is 27.9. The second-order valence-corrected chi connectivity index (χ2v) is 7.98. The first-order valence-corrected chi connectivity index (χ1v) is 10.6. The van der Waals surface area contributed by atoms with Crippen LogP contribution >= 0.6 is 11.5 Å². The minimum absolute atomic E-state index is 0.0379. The topological polar surface area (TPSA) is 122 Å². The Kier molecular flexibility index (Phi) is 6.15. The number of nitrogens with zero attached hydrogens (tertiary/aromatic N) is 5. The van der Waals surface area contributed by atoms with E-state index >= 15 is 0 Å². The number of hydrogen-bond donors (Lipinski definition) is 3. The Morgan fingerprint density at radius 2 is 2.20 bits per heavy atom. The van der Waals surface area contributed by atoms with Gasteiger partial charge in [0.1, 0.15) is 10.8 Å². The zero-order chi connectivity index (χ0) is 20.9. The number of pyridine rings is 1. The molecule has 1 saturated heterocycles. The van der Waals surface area contributed by atoms with E-state index in [1.807, 2.05) is 13.0 Å². The molecule has 3 aromatic rings. The molecule has 0 radical (unpaired) electrons. The summed E-state index contributed by atoms with van der Waals surface area (Å²) in [6, 6.07) is 5.43. The lowest BCUT2D eigenvalue weighted by Crippen LogP contribution is -2.48. The van der Waals surface area contributed by atoms with Crippen LogP contribution in [0.25, 0.3) is 0 Å². The molecular formula is C20H24N8OS.